The van der Waals surface area contributed by atoms with Gasteiger partial charge < -0.3 is 10.6 Å². The average molecular weight is 276 g/mol. The number of rotatable bonds is 8. The van der Waals surface area contributed by atoms with Gasteiger partial charge in [-0.25, -0.2) is 0 Å². The van der Waals surface area contributed by atoms with E-state index in [2.05, 4.69) is 63.1 Å². The third-order valence-corrected chi connectivity index (χ3v) is 4.13. The van der Waals surface area contributed by atoms with Crippen molar-refractivity contribution in [2.24, 2.45) is 17.1 Å². The fraction of sp³-hybridized carbons (Fsp3) is 0.667. The van der Waals surface area contributed by atoms with Crippen LogP contribution in [0.4, 0.5) is 0 Å². The predicted molar refractivity (Wildman–Crippen MR) is 88.6 cm³/mol. The second-order valence-electron chi connectivity index (χ2n) is 7.01. The molecule has 0 spiro atoms. The molecule has 0 aliphatic rings. The van der Waals surface area contributed by atoms with Crippen molar-refractivity contribution in [3.8, 4) is 0 Å². The minimum absolute atomic E-state index is 0.372. The number of nitrogens with two attached hydrogens (primary N) is 1. The molecule has 1 aromatic rings. The summed E-state index contributed by atoms with van der Waals surface area (Å²) in [6.07, 6.45) is 3.68. The Kier molecular flexibility index (Phi) is 7.25. The topological polar surface area (TPSA) is 29.3 Å². The van der Waals surface area contributed by atoms with Crippen molar-refractivity contribution in [2.45, 2.75) is 46.6 Å². The highest BCUT2D eigenvalue weighted by molar-refractivity contribution is 5.14. The van der Waals surface area contributed by atoms with Crippen LogP contribution in [-0.2, 0) is 6.54 Å². The number of hydrogen-bond donors (Lipinski definition) is 1. The Labute approximate surface area is 125 Å². The Bertz CT molecular complexity index is 353. The van der Waals surface area contributed by atoms with Crippen molar-refractivity contribution in [1.82, 2.24) is 4.90 Å². The third-order valence-electron chi connectivity index (χ3n) is 4.13. The van der Waals surface area contributed by atoms with Crippen molar-refractivity contribution >= 4 is 0 Å². The first kappa shape index (κ1) is 17.2. The lowest BCUT2D eigenvalue weighted by Gasteiger charge is -2.31. The highest BCUT2D eigenvalue weighted by Crippen LogP contribution is 2.32. The maximum absolute atomic E-state index is 5.75. The van der Waals surface area contributed by atoms with Crippen LogP contribution >= 0.6 is 0 Å². The Morgan fingerprint density at radius 3 is 2.30 bits per heavy atom. The molecule has 1 aromatic carbocycles. The summed E-state index contributed by atoms with van der Waals surface area (Å²) in [5.41, 5.74) is 7.51. The number of hydrogen-bond acceptors (Lipinski definition) is 2. The van der Waals surface area contributed by atoms with Crippen LogP contribution in [0.15, 0.2) is 30.3 Å². The summed E-state index contributed by atoms with van der Waals surface area (Å²) >= 11 is 0. The van der Waals surface area contributed by atoms with Crippen molar-refractivity contribution in [3.63, 3.8) is 0 Å². The second-order valence-corrected chi connectivity index (χ2v) is 7.01. The fourth-order valence-electron chi connectivity index (χ4n) is 2.79. The monoisotopic (exact) mass is 276 g/mol. The molecular formula is C18H32N2. The Morgan fingerprint density at radius 2 is 1.75 bits per heavy atom. The van der Waals surface area contributed by atoms with Gasteiger partial charge in [-0.3, -0.25) is 0 Å². The molecule has 0 bridgehead atoms. The van der Waals surface area contributed by atoms with Gasteiger partial charge in [0.05, 0.1) is 0 Å². The van der Waals surface area contributed by atoms with Crippen LogP contribution in [0.3, 0.4) is 0 Å². The molecule has 2 heteroatoms. The molecule has 0 radical (unpaired) electrons. The Morgan fingerprint density at radius 1 is 1.10 bits per heavy atom. The lowest BCUT2D eigenvalue weighted by Crippen LogP contribution is -2.25. The van der Waals surface area contributed by atoms with Crippen molar-refractivity contribution in [3.05, 3.63) is 35.9 Å². The molecule has 0 aromatic heterocycles. The van der Waals surface area contributed by atoms with E-state index < -0.39 is 0 Å². The molecule has 0 fully saturated rings. The van der Waals surface area contributed by atoms with E-state index in [0.29, 0.717) is 5.41 Å². The van der Waals surface area contributed by atoms with Crippen LogP contribution in [0.1, 0.15) is 45.6 Å². The van der Waals surface area contributed by atoms with Gasteiger partial charge in [0.2, 0.25) is 0 Å². The van der Waals surface area contributed by atoms with Crippen LogP contribution in [0.5, 0.6) is 0 Å². The molecule has 0 aliphatic heterocycles. The zero-order chi connectivity index (χ0) is 15.0. The van der Waals surface area contributed by atoms with E-state index >= 15 is 0 Å². The van der Waals surface area contributed by atoms with Crippen LogP contribution < -0.4 is 5.73 Å². The molecule has 114 valence electrons. The van der Waals surface area contributed by atoms with E-state index in [1.807, 2.05) is 0 Å². The molecule has 0 saturated carbocycles. The van der Waals surface area contributed by atoms with Gasteiger partial charge in [0.15, 0.2) is 0 Å². The third kappa shape index (κ3) is 6.53. The summed E-state index contributed by atoms with van der Waals surface area (Å²) in [7, 11) is 2.21. The maximum Gasteiger partial charge on any atom is 0.0230 e. The SMILES string of the molecule is CN(CCCC(CCN)C(C)(C)C)Cc1ccccc1. The molecule has 1 atom stereocenters. The molecular weight excluding hydrogens is 244 g/mol. The van der Waals surface area contributed by atoms with E-state index in [-0.39, 0.29) is 0 Å². The summed E-state index contributed by atoms with van der Waals surface area (Å²) in [6.45, 7) is 10.0. The first-order valence-electron chi connectivity index (χ1n) is 7.86. The summed E-state index contributed by atoms with van der Waals surface area (Å²) in [4.78, 5) is 2.41. The lowest BCUT2D eigenvalue weighted by molar-refractivity contribution is 0.199. The van der Waals surface area contributed by atoms with Gasteiger partial charge in [0.1, 0.15) is 0 Å². The summed E-state index contributed by atoms with van der Waals surface area (Å²) in [5.74, 6) is 0.734. The molecule has 0 aliphatic carbocycles. The molecule has 0 amide bonds. The maximum atomic E-state index is 5.75. The Balaban J connectivity index is 2.31. The van der Waals surface area contributed by atoms with Crippen LogP contribution in [0.25, 0.3) is 0 Å². The van der Waals surface area contributed by atoms with Crippen LogP contribution in [0, 0.1) is 11.3 Å². The van der Waals surface area contributed by atoms with Crippen molar-refractivity contribution in [2.75, 3.05) is 20.1 Å². The largest absolute Gasteiger partial charge is 0.330 e. The number of benzene rings is 1. The standard InChI is InChI=1S/C18H32N2/c1-18(2,3)17(12-13-19)11-8-14-20(4)15-16-9-6-5-7-10-16/h5-7,9-10,17H,8,11-15,19H2,1-4H3. The minimum atomic E-state index is 0.372. The van der Waals surface area contributed by atoms with Gasteiger partial charge in [0.25, 0.3) is 0 Å². The molecule has 2 nitrogen and oxygen atoms in total. The molecule has 1 rings (SSSR count). The van der Waals surface area contributed by atoms with E-state index in [1.165, 1.54) is 18.4 Å². The zero-order valence-electron chi connectivity index (χ0n) is 13.7. The second kappa shape index (κ2) is 8.43. The first-order valence-corrected chi connectivity index (χ1v) is 7.86. The smallest absolute Gasteiger partial charge is 0.0230 e. The molecule has 0 saturated heterocycles. The predicted octanol–water partition coefficient (Wildman–Crippen LogP) is 3.91. The van der Waals surface area contributed by atoms with E-state index in [0.717, 1.165) is 32.0 Å². The highest BCUT2D eigenvalue weighted by atomic mass is 15.1. The fourth-order valence-corrected chi connectivity index (χ4v) is 2.79. The van der Waals surface area contributed by atoms with Gasteiger partial charge >= 0.3 is 0 Å². The van der Waals surface area contributed by atoms with Gasteiger partial charge in [-0.1, -0.05) is 51.1 Å². The van der Waals surface area contributed by atoms with Gasteiger partial charge in [-0.2, -0.15) is 0 Å². The molecule has 0 heterocycles. The zero-order valence-corrected chi connectivity index (χ0v) is 13.7. The quantitative estimate of drug-likeness (QED) is 0.780. The summed E-state index contributed by atoms with van der Waals surface area (Å²) in [6, 6.07) is 10.7. The lowest BCUT2D eigenvalue weighted by atomic mass is 9.76. The molecule has 1 unspecified atom stereocenters. The summed E-state index contributed by atoms with van der Waals surface area (Å²) < 4.78 is 0. The molecule has 2 N–H and O–H groups in total. The highest BCUT2D eigenvalue weighted by Gasteiger charge is 2.23. The summed E-state index contributed by atoms with van der Waals surface area (Å²) in [5, 5.41) is 0. The van der Waals surface area contributed by atoms with Gasteiger partial charge in [0, 0.05) is 6.54 Å². The minimum Gasteiger partial charge on any atom is -0.330 e. The van der Waals surface area contributed by atoms with Crippen molar-refractivity contribution in [1.29, 1.82) is 0 Å². The van der Waals surface area contributed by atoms with Crippen LogP contribution in [0.2, 0.25) is 0 Å². The van der Waals surface area contributed by atoms with Crippen LogP contribution in [-0.4, -0.2) is 25.0 Å². The van der Waals surface area contributed by atoms with E-state index in [1.54, 1.807) is 0 Å². The van der Waals surface area contributed by atoms with Gasteiger partial charge in [-0.05, 0) is 56.3 Å². The normalized spacial score (nSPS) is 13.7. The first-order chi connectivity index (χ1) is 9.43. The molecule has 20 heavy (non-hydrogen) atoms. The van der Waals surface area contributed by atoms with Crippen molar-refractivity contribution < 1.29 is 0 Å². The van der Waals surface area contributed by atoms with E-state index in [4.69, 9.17) is 5.73 Å². The number of nitrogens with zero attached hydrogens (tertiary/aromatic N) is 1. The van der Waals surface area contributed by atoms with Gasteiger partial charge in [-0.15, -0.1) is 0 Å². The average Bonchev–Trinajstić information content (AvgIpc) is 2.37. The van der Waals surface area contributed by atoms with E-state index in [9.17, 15) is 0 Å². The Hall–Kier alpha value is -0.860.